The van der Waals surface area contributed by atoms with E-state index in [4.69, 9.17) is 0 Å². The average Bonchev–Trinajstić information content (AvgIpc) is 3.04. The number of piperidine rings is 1. The number of carbonyl (C=O) groups is 3. The lowest BCUT2D eigenvalue weighted by Gasteiger charge is -2.43. The molecule has 0 radical (unpaired) electrons. The fourth-order valence-corrected chi connectivity index (χ4v) is 6.14. The number of pyridine rings is 1. The van der Waals surface area contributed by atoms with Crippen LogP contribution in [0.5, 0.6) is 0 Å². The van der Waals surface area contributed by atoms with Crippen LogP contribution in [0.1, 0.15) is 48.9 Å². The van der Waals surface area contributed by atoms with Crippen LogP contribution in [-0.2, 0) is 26.3 Å². The Morgan fingerprint density at radius 3 is 2.55 bits per heavy atom. The fraction of sp³-hybridized carbons (Fsp3) is 0.462. The minimum absolute atomic E-state index is 0.00945. The number of rotatable bonds is 4. The van der Waals surface area contributed by atoms with Gasteiger partial charge in [-0.15, -0.1) is 0 Å². The van der Waals surface area contributed by atoms with Crippen molar-refractivity contribution < 1.29 is 14.4 Å². The maximum absolute atomic E-state index is 13.7. The summed E-state index contributed by atoms with van der Waals surface area (Å²) in [5.74, 6) is -0.270. The smallest absolute Gasteiger partial charge is 0.250 e. The minimum atomic E-state index is -1.16. The first kappa shape index (κ1) is 21.6. The second-order valence-electron chi connectivity index (χ2n) is 9.69. The fourth-order valence-electron chi connectivity index (χ4n) is 6.14. The van der Waals surface area contributed by atoms with Crippen LogP contribution in [0.3, 0.4) is 0 Å². The Kier molecular flexibility index (Phi) is 5.22. The summed E-state index contributed by atoms with van der Waals surface area (Å²) in [6, 6.07) is 12.9. The summed E-state index contributed by atoms with van der Waals surface area (Å²) < 4.78 is 1.84. The van der Waals surface area contributed by atoms with Crippen LogP contribution in [0.15, 0.2) is 47.3 Å². The van der Waals surface area contributed by atoms with E-state index in [0.717, 1.165) is 23.2 Å². The van der Waals surface area contributed by atoms with Gasteiger partial charge in [-0.25, -0.2) is 0 Å². The predicted molar refractivity (Wildman–Crippen MR) is 123 cm³/mol. The van der Waals surface area contributed by atoms with Gasteiger partial charge in [0.2, 0.25) is 17.7 Å². The van der Waals surface area contributed by atoms with Gasteiger partial charge in [0.05, 0.1) is 5.41 Å². The molecule has 3 atom stereocenters. The third kappa shape index (κ3) is 3.41. The summed E-state index contributed by atoms with van der Waals surface area (Å²) in [7, 11) is 0. The van der Waals surface area contributed by atoms with E-state index in [2.05, 4.69) is 0 Å². The van der Waals surface area contributed by atoms with Crippen molar-refractivity contribution in [2.45, 2.75) is 51.0 Å². The Balaban J connectivity index is 1.46. The van der Waals surface area contributed by atoms with Crippen molar-refractivity contribution in [3.8, 4) is 0 Å². The Morgan fingerprint density at radius 2 is 1.82 bits per heavy atom. The third-order valence-corrected chi connectivity index (χ3v) is 7.67. The number of likely N-dealkylation sites (N-methyl/N-ethyl adjacent to an activating group) is 1. The van der Waals surface area contributed by atoms with Crippen LogP contribution in [0.25, 0.3) is 0 Å². The number of hydrogen-bond acceptors (Lipinski definition) is 4. The lowest BCUT2D eigenvalue weighted by atomic mass is 9.73. The number of hydrogen-bond donors (Lipinski definition) is 0. The summed E-state index contributed by atoms with van der Waals surface area (Å²) >= 11 is 0. The van der Waals surface area contributed by atoms with Crippen molar-refractivity contribution in [2.24, 2.45) is 5.92 Å². The molecule has 1 aromatic carbocycles. The number of fused-ring (bicyclic) bond motifs is 4. The average molecular weight is 448 g/mol. The van der Waals surface area contributed by atoms with E-state index in [1.807, 2.05) is 46.7 Å². The first-order valence-electron chi connectivity index (χ1n) is 11.7. The quantitative estimate of drug-likeness (QED) is 0.673. The highest BCUT2D eigenvalue weighted by molar-refractivity contribution is 6.10. The summed E-state index contributed by atoms with van der Waals surface area (Å²) in [4.78, 5) is 55.4. The Bertz CT molecular complexity index is 1200. The molecule has 172 valence electrons. The van der Waals surface area contributed by atoms with E-state index in [-0.39, 0.29) is 48.0 Å². The zero-order valence-corrected chi connectivity index (χ0v) is 19.1. The molecule has 0 N–H and O–H groups in total. The number of nitrogens with zero attached hydrogens (tertiary/aromatic N) is 3. The zero-order chi connectivity index (χ0) is 23.3. The standard InChI is InChI=1S/C26H29N3O4/c1-3-28-24(32)13-26(25(28)33,20-8-5-4-7-17(20)2)12-23(31)27-14-18-11-19(16-27)21-9-6-10-22(30)29(21)15-18/h4-10,18-19H,3,11-16H2,1-2H3. The number of aromatic nitrogens is 1. The number of benzene rings is 1. The Hall–Kier alpha value is -3.22. The van der Waals surface area contributed by atoms with Gasteiger partial charge in [-0.05, 0) is 43.4 Å². The van der Waals surface area contributed by atoms with Crippen LogP contribution >= 0.6 is 0 Å². The highest BCUT2D eigenvalue weighted by Crippen LogP contribution is 2.43. The monoisotopic (exact) mass is 447 g/mol. The summed E-state index contributed by atoms with van der Waals surface area (Å²) in [6.07, 6.45) is 0.965. The van der Waals surface area contributed by atoms with Crippen LogP contribution in [0.4, 0.5) is 0 Å². The normalized spacial score (nSPS) is 26.5. The molecule has 2 bridgehead atoms. The molecule has 2 saturated heterocycles. The topological polar surface area (TPSA) is 79.7 Å². The lowest BCUT2D eigenvalue weighted by Crippen LogP contribution is -2.51. The molecule has 0 saturated carbocycles. The van der Waals surface area contributed by atoms with E-state index in [9.17, 15) is 19.2 Å². The molecular weight excluding hydrogens is 418 g/mol. The van der Waals surface area contributed by atoms with Crippen molar-refractivity contribution in [1.82, 2.24) is 14.4 Å². The van der Waals surface area contributed by atoms with E-state index in [1.165, 1.54) is 4.90 Å². The maximum Gasteiger partial charge on any atom is 0.250 e. The highest BCUT2D eigenvalue weighted by Gasteiger charge is 2.54. The second kappa shape index (κ2) is 7.97. The number of carbonyl (C=O) groups excluding carboxylic acids is 3. The Labute approximate surface area is 193 Å². The number of amides is 3. The molecule has 3 aliphatic heterocycles. The highest BCUT2D eigenvalue weighted by atomic mass is 16.2. The molecule has 3 aliphatic rings. The van der Waals surface area contributed by atoms with Crippen molar-refractivity contribution in [3.63, 3.8) is 0 Å². The number of likely N-dealkylation sites (tertiary alicyclic amines) is 2. The van der Waals surface area contributed by atoms with Crippen molar-refractivity contribution >= 4 is 17.7 Å². The van der Waals surface area contributed by atoms with Gasteiger partial charge in [-0.2, -0.15) is 0 Å². The van der Waals surface area contributed by atoms with E-state index in [1.54, 1.807) is 19.1 Å². The van der Waals surface area contributed by atoms with Crippen LogP contribution in [0, 0.1) is 12.8 Å². The molecular formula is C26H29N3O4. The summed E-state index contributed by atoms with van der Waals surface area (Å²) in [6.45, 7) is 5.73. The molecule has 5 rings (SSSR count). The van der Waals surface area contributed by atoms with Crippen molar-refractivity contribution in [3.05, 3.63) is 69.6 Å². The number of aryl methyl sites for hydroxylation is 1. The van der Waals surface area contributed by atoms with Gasteiger partial charge in [-0.3, -0.25) is 24.1 Å². The maximum atomic E-state index is 13.7. The molecule has 0 aliphatic carbocycles. The van der Waals surface area contributed by atoms with Crippen LogP contribution < -0.4 is 5.56 Å². The molecule has 3 amide bonds. The summed E-state index contributed by atoms with van der Waals surface area (Å²) in [5.41, 5.74) is 1.51. The van der Waals surface area contributed by atoms with Gasteiger partial charge >= 0.3 is 0 Å². The minimum Gasteiger partial charge on any atom is -0.342 e. The van der Waals surface area contributed by atoms with Crippen molar-refractivity contribution in [1.29, 1.82) is 0 Å². The molecule has 0 spiro atoms. The van der Waals surface area contributed by atoms with E-state index in [0.29, 0.717) is 26.2 Å². The van der Waals surface area contributed by atoms with Crippen LogP contribution in [0.2, 0.25) is 0 Å². The molecule has 2 aromatic rings. The molecule has 33 heavy (non-hydrogen) atoms. The van der Waals surface area contributed by atoms with Gasteiger partial charge in [0.1, 0.15) is 0 Å². The predicted octanol–water partition coefficient (Wildman–Crippen LogP) is 2.21. The van der Waals surface area contributed by atoms with Gasteiger partial charge in [0.15, 0.2) is 0 Å². The van der Waals surface area contributed by atoms with Gasteiger partial charge in [-0.1, -0.05) is 30.3 Å². The molecule has 7 nitrogen and oxygen atoms in total. The molecule has 3 unspecified atom stereocenters. The Morgan fingerprint density at radius 1 is 1.03 bits per heavy atom. The first-order valence-corrected chi connectivity index (χ1v) is 11.7. The van der Waals surface area contributed by atoms with Gasteiger partial charge in [0, 0.05) is 56.7 Å². The lowest BCUT2D eigenvalue weighted by molar-refractivity contribution is -0.143. The molecule has 1 aromatic heterocycles. The SMILES string of the molecule is CCN1C(=O)CC(CC(=O)N2CC3CC(C2)c2cccc(=O)n2C3)(c2ccccc2C)C1=O. The van der Waals surface area contributed by atoms with Crippen LogP contribution in [-0.4, -0.2) is 51.7 Å². The molecule has 4 heterocycles. The second-order valence-corrected chi connectivity index (χ2v) is 9.69. The number of imide groups is 1. The third-order valence-electron chi connectivity index (χ3n) is 7.67. The van der Waals surface area contributed by atoms with Crippen molar-refractivity contribution in [2.75, 3.05) is 19.6 Å². The first-order chi connectivity index (χ1) is 15.8. The van der Waals surface area contributed by atoms with Gasteiger partial charge in [0.25, 0.3) is 5.56 Å². The largest absolute Gasteiger partial charge is 0.342 e. The van der Waals surface area contributed by atoms with E-state index < -0.39 is 5.41 Å². The van der Waals surface area contributed by atoms with Gasteiger partial charge < -0.3 is 9.47 Å². The van der Waals surface area contributed by atoms with E-state index >= 15 is 0 Å². The molecule has 7 heteroatoms. The zero-order valence-electron chi connectivity index (χ0n) is 19.1. The summed E-state index contributed by atoms with van der Waals surface area (Å²) in [5, 5.41) is 0. The molecule has 2 fully saturated rings.